The normalized spacial score (nSPS) is 11.8. The average molecular weight is 361 g/mol. The van der Waals surface area contributed by atoms with Crippen molar-refractivity contribution in [1.29, 1.82) is 0 Å². The zero-order chi connectivity index (χ0) is 18.2. The van der Waals surface area contributed by atoms with E-state index in [-0.39, 0.29) is 17.7 Å². The quantitative estimate of drug-likeness (QED) is 0.757. The number of pyridine rings is 1. The van der Waals surface area contributed by atoms with E-state index in [9.17, 15) is 9.59 Å². The maximum atomic E-state index is 12.5. The largest absolute Gasteiger partial charge is 0.478 e. The van der Waals surface area contributed by atoms with Crippen LogP contribution in [0.1, 0.15) is 36.0 Å². The summed E-state index contributed by atoms with van der Waals surface area (Å²) in [5.74, 6) is 0.00429. The highest BCUT2D eigenvalue weighted by molar-refractivity contribution is 7.12. The van der Waals surface area contributed by atoms with Crippen molar-refractivity contribution in [2.24, 2.45) is 5.92 Å². The molecule has 1 unspecified atom stereocenters. The fourth-order valence-corrected chi connectivity index (χ4v) is 2.90. The molecular formula is C18H23N3O3S. The van der Waals surface area contributed by atoms with Crippen LogP contribution in [0.4, 0.5) is 0 Å². The van der Waals surface area contributed by atoms with Crippen molar-refractivity contribution >= 4 is 23.2 Å². The van der Waals surface area contributed by atoms with Gasteiger partial charge in [0.25, 0.3) is 5.91 Å². The van der Waals surface area contributed by atoms with E-state index >= 15 is 0 Å². The Morgan fingerprint density at radius 2 is 2.08 bits per heavy atom. The van der Waals surface area contributed by atoms with Gasteiger partial charge in [0.2, 0.25) is 11.8 Å². The first-order valence-electron chi connectivity index (χ1n) is 8.21. The van der Waals surface area contributed by atoms with Crippen molar-refractivity contribution in [3.8, 4) is 5.88 Å². The van der Waals surface area contributed by atoms with Crippen LogP contribution in [0.2, 0.25) is 0 Å². The summed E-state index contributed by atoms with van der Waals surface area (Å²) >= 11 is 1.35. The van der Waals surface area contributed by atoms with Gasteiger partial charge in [-0.25, -0.2) is 4.98 Å². The third-order valence-electron chi connectivity index (χ3n) is 3.56. The number of amides is 2. The van der Waals surface area contributed by atoms with Crippen LogP contribution in [0.25, 0.3) is 0 Å². The molecule has 2 aromatic heterocycles. The van der Waals surface area contributed by atoms with E-state index in [0.29, 0.717) is 23.9 Å². The van der Waals surface area contributed by atoms with Gasteiger partial charge >= 0.3 is 0 Å². The fraction of sp³-hybridized carbons (Fsp3) is 0.389. The van der Waals surface area contributed by atoms with E-state index < -0.39 is 6.04 Å². The summed E-state index contributed by atoms with van der Waals surface area (Å²) in [5, 5.41) is 7.50. The van der Waals surface area contributed by atoms with Crippen molar-refractivity contribution in [1.82, 2.24) is 15.6 Å². The Bertz CT molecular complexity index is 701. The van der Waals surface area contributed by atoms with Crippen molar-refractivity contribution in [3.63, 3.8) is 0 Å². The molecule has 0 fully saturated rings. The maximum absolute atomic E-state index is 12.5. The van der Waals surface area contributed by atoms with E-state index in [1.165, 1.54) is 11.3 Å². The van der Waals surface area contributed by atoms with Crippen molar-refractivity contribution in [2.45, 2.75) is 33.4 Å². The number of thiophene rings is 1. The first-order chi connectivity index (χ1) is 12.0. The number of hydrogen-bond donors (Lipinski definition) is 2. The molecular weight excluding hydrogens is 338 g/mol. The standard InChI is InChI=1S/C18H23N3O3S/c1-4-24-18-13(7-5-9-19-18)11-20-17(23)15(12(2)3)21-16(22)14-8-6-10-25-14/h5-10,12,15H,4,11H2,1-3H3,(H,20,23)(H,21,22). The highest BCUT2D eigenvalue weighted by Crippen LogP contribution is 2.14. The predicted molar refractivity (Wildman–Crippen MR) is 97.7 cm³/mol. The van der Waals surface area contributed by atoms with Gasteiger partial charge in [0.15, 0.2) is 0 Å². The number of nitrogens with zero attached hydrogens (tertiary/aromatic N) is 1. The molecule has 0 spiro atoms. The summed E-state index contributed by atoms with van der Waals surface area (Å²) in [6, 6.07) is 6.58. The van der Waals surface area contributed by atoms with Crippen molar-refractivity contribution in [3.05, 3.63) is 46.3 Å². The van der Waals surface area contributed by atoms with E-state index in [1.807, 2.05) is 38.3 Å². The van der Waals surface area contributed by atoms with E-state index in [0.717, 1.165) is 5.56 Å². The first kappa shape index (κ1) is 18.9. The van der Waals surface area contributed by atoms with Crippen molar-refractivity contribution < 1.29 is 14.3 Å². The Balaban J connectivity index is 2.00. The van der Waals surface area contributed by atoms with Gasteiger partial charge in [0, 0.05) is 18.3 Å². The fourth-order valence-electron chi connectivity index (χ4n) is 2.27. The van der Waals surface area contributed by atoms with Gasteiger partial charge < -0.3 is 15.4 Å². The van der Waals surface area contributed by atoms with Crippen molar-refractivity contribution in [2.75, 3.05) is 6.61 Å². The van der Waals surface area contributed by atoms with Gasteiger partial charge in [-0.3, -0.25) is 9.59 Å². The zero-order valence-electron chi connectivity index (χ0n) is 14.6. The lowest BCUT2D eigenvalue weighted by Gasteiger charge is -2.21. The molecule has 7 heteroatoms. The summed E-state index contributed by atoms with van der Waals surface area (Å²) in [6.07, 6.45) is 1.65. The summed E-state index contributed by atoms with van der Waals surface area (Å²) in [4.78, 5) is 29.5. The van der Waals surface area contributed by atoms with Gasteiger partial charge in [-0.05, 0) is 30.4 Å². The Hall–Kier alpha value is -2.41. The van der Waals surface area contributed by atoms with Crippen LogP contribution in [0.15, 0.2) is 35.8 Å². The molecule has 6 nitrogen and oxygen atoms in total. The molecule has 1 atom stereocenters. The summed E-state index contributed by atoms with van der Waals surface area (Å²) < 4.78 is 5.46. The molecule has 0 saturated carbocycles. The first-order valence-corrected chi connectivity index (χ1v) is 9.09. The molecule has 2 heterocycles. The highest BCUT2D eigenvalue weighted by Gasteiger charge is 2.25. The van der Waals surface area contributed by atoms with Gasteiger partial charge in [0.05, 0.1) is 11.5 Å². The number of ether oxygens (including phenoxy) is 1. The van der Waals surface area contributed by atoms with Gasteiger partial charge in [0.1, 0.15) is 6.04 Å². The van der Waals surface area contributed by atoms with Crippen LogP contribution in [0.5, 0.6) is 5.88 Å². The average Bonchev–Trinajstić information content (AvgIpc) is 3.13. The molecule has 134 valence electrons. The van der Waals surface area contributed by atoms with Crippen LogP contribution < -0.4 is 15.4 Å². The Morgan fingerprint density at radius 1 is 1.28 bits per heavy atom. The minimum atomic E-state index is -0.609. The molecule has 0 saturated heterocycles. The number of carbonyl (C=O) groups excluding carboxylic acids is 2. The molecule has 0 bridgehead atoms. The summed E-state index contributed by atoms with van der Waals surface area (Å²) in [5.41, 5.74) is 0.796. The summed E-state index contributed by atoms with van der Waals surface area (Å²) in [6.45, 7) is 6.47. The molecule has 2 aromatic rings. The van der Waals surface area contributed by atoms with E-state index in [1.54, 1.807) is 18.3 Å². The van der Waals surface area contributed by atoms with E-state index in [4.69, 9.17) is 4.74 Å². The van der Waals surface area contributed by atoms with Crippen LogP contribution >= 0.6 is 11.3 Å². The molecule has 0 radical (unpaired) electrons. The second kappa shape index (κ2) is 9.17. The van der Waals surface area contributed by atoms with Crippen LogP contribution in [-0.4, -0.2) is 29.4 Å². The van der Waals surface area contributed by atoms with E-state index in [2.05, 4.69) is 15.6 Å². The lowest BCUT2D eigenvalue weighted by molar-refractivity contribution is -0.124. The molecule has 2 amide bonds. The highest BCUT2D eigenvalue weighted by atomic mass is 32.1. The van der Waals surface area contributed by atoms with Crippen LogP contribution in [0.3, 0.4) is 0 Å². The predicted octanol–water partition coefficient (Wildman–Crippen LogP) is 2.61. The molecule has 2 N–H and O–H groups in total. The maximum Gasteiger partial charge on any atom is 0.262 e. The van der Waals surface area contributed by atoms with Crippen LogP contribution in [-0.2, 0) is 11.3 Å². The third kappa shape index (κ3) is 5.29. The molecule has 0 aliphatic rings. The van der Waals surface area contributed by atoms with Gasteiger partial charge in [-0.15, -0.1) is 11.3 Å². The molecule has 2 rings (SSSR count). The minimum absolute atomic E-state index is 0.0378. The Morgan fingerprint density at radius 3 is 2.72 bits per heavy atom. The third-order valence-corrected chi connectivity index (χ3v) is 4.43. The summed E-state index contributed by atoms with van der Waals surface area (Å²) in [7, 11) is 0. The molecule has 0 aliphatic heterocycles. The Kier molecular flexibility index (Phi) is 6.94. The smallest absolute Gasteiger partial charge is 0.262 e. The number of hydrogen-bond acceptors (Lipinski definition) is 5. The molecule has 0 aromatic carbocycles. The Labute approximate surface area is 151 Å². The SMILES string of the molecule is CCOc1ncccc1CNC(=O)C(NC(=O)c1cccs1)C(C)C. The lowest BCUT2D eigenvalue weighted by atomic mass is 10.0. The topological polar surface area (TPSA) is 80.3 Å². The number of aromatic nitrogens is 1. The zero-order valence-corrected chi connectivity index (χ0v) is 15.4. The molecule has 25 heavy (non-hydrogen) atoms. The minimum Gasteiger partial charge on any atom is -0.478 e. The second-order valence-corrected chi connectivity index (χ2v) is 6.74. The van der Waals surface area contributed by atoms with Gasteiger partial charge in [-0.1, -0.05) is 26.0 Å². The number of carbonyl (C=O) groups is 2. The monoisotopic (exact) mass is 361 g/mol. The number of nitrogens with one attached hydrogen (secondary N) is 2. The van der Waals surface area contributed by atoms with Gasteiger partial charge in [-0.2, -0.15) is 0 Å². The molecule has 0 aliphatic carbocycles. The second-order valence-electron chi connectivity index (χ2n) is 5.79. The van der Waals surface area contributed by atoms with Crippen LogP contribution in [0, 0.1) is 5.92 Å². The lowest BCUT2D eigenvalue weighted by Crippen LogP contribution is -2.49. The number of rotatable bonds is 8.